The van der Waals surface area contributed by atoms with Crippen molar-refractivity contribution in [2.75, 3.05) is 0 Å². The van der Waals surface area contributed by atoms with E-state index in [1.54, 1.807) is 13.2 Å². The second-order valence-corrected chi connectivity index (χ2v) is 1.26. The molecule has 1 aromatic heterocycles. The van der Waals surface area contributed by atoms with Gasteiger partial charge < -0.3 is 5.21 Å². The van der Waals surface area contributed by atoms with Crippen molar-refractivity contribution in [3.05, 3.63) is 17.6 Å². The van der Waals surface area contributed by atoms with E-state index < -0.39 is 0 Å². The zero-order valence-electron chi connectivity index (χ0n) is 3.90. The van der Waals surface area contributed by atoms with E-state index in [9.17, 15) is 5.21 Å². The fourth-order valence-electron chi connectivity index (χ4n) is 0.352. The van der Waals surface area contributed by atoms with Crippen LogP contribution in [0.25, 0.3) is 0 Å². The molecule has 0 saturated heterocycles. The molecule has 0 aliphatic carbocycles. The lowest BCUT2D eigenvalue weighted by molar-refractivity contribution is -0.670. The van der Waals surface area contributed by atoms with Crippen molar-refractivity contribution in [2.24, 2.45) is 7.05 Å². The van der Waals surface area contributed by atoms with Crippen molar-refractivity contribution in [1.29, 1.82) is 0 Å². The molecule has 0 saturated carbocycles. The number of hydrogen-bond acceptors (Lipinski definition) is 2. The SMILES string of the molecule is Cn1cc[n+]([O-])n1. The van der Waals surface area contributed by atoms with Crippen LogP contribution in [0.5, 0.6) is 0 Å². The number of rotatable bonds is 0. The highest BCUT2D eigenvalue weighted by Gasteiger charge is 1.86. The summed E-state index contributed by atoms with van der Waals surface area (Å²) in [5.41, 5.74) is 0. The number of aromatic nitrogens is 3. The van der Waals surface area contributed by atoms with E-state index in [1.807, 2.05) is 0 Å². The first-order valence-electron chi connectivity index (χ1n) is 1.88. The van der Waals surface area contributed by atoms with Gasteiger partial charge in [0, 0.05) is 0 Å². The summed E-state index contributed by atoms with van der Waals surface area (Å²) >= 11 is 0. The van der Waals surface area contributed by atoms with Crippen LogP contribution >= 0.6 is 0 Å². The molecule has 0 aliphatic rings. The highest BCUT2D eigenvalue weighted by atomic mass is 16.5. The first-order chi connectivity index (χ1) is 3.29. The van der Waals surface area contributed by atoms with Crippen molar-refractivity contribution in [2.45, 2.75) is 0 Å². The second kappa shape index (κ2) is 1.22. The molecule has 4 heteroatoms. The Balaban J connectivity index is 3.04. The largest absolute Gasteiger partial charge is 0.691 e. The minimum atomic E-state index is 0.500. The van der Waals surface area contributed by atoms with E-state index in [0.717, 1.165) is 0 Å². The summed E-state index contributed by atoms with van der Waals surface area (Å²) in [7, 11) is 1.69. The van der Waals surface area contributed by atoms with Crippen molar-refractivity contribution in [3.63, 3.8) is 0 Å². The van der Waals surface area contributed by atoms with Gasteiger partial charge in [0.1, 0.15) is 7.05 Å². The highest BCUT2D eigenvalue weighted by Crippen LogP contribution is 1.64. The quantitative estimate of drug-likeness (QED) is 0.311. The minimum Gasteiger partial charge on any atom is -0.691 e. The Bertz CT molecular complexity index is 142. The predicted octanol–water partition coefficient (Wildman–Crippen LogP) is -0.947. The normalized spacial score (nSPS) is 9.29. The van der Waals surface area contributed by atoms with E-state index >= 15 is 0 Å². The molecule has 0 spiro atoms. The van der Waals surface area contributed by atoms with Gasteiger partial charge in [0.25, 0.3) is 0 Å². The molecule has 1 rings (SSSR count). The molecule has 0 amide bonds. The van der Waals surface area contributed by atoms with Crippen molar-refractivity contribution in [1.82, 2.24) is 9.90 Å². The van der Waals surface area contributed by atoms with E-state index in [1.165, 1.54) is 10.9 Å². The van der Waals surface area contributed by atoms with Gasteiger partial charge in [-0.15, -0.1) is 9.53 Å². The lowest BCUT2D eigenvalue weighted by Crippen LogP contribution is -2.27. The van der Waals surface area contributed by atoms with Crippen LogP contribution in [0.2, 0.25) is 0 Å². The first-order valence-corrected chi connectivity index (χ1v) is 1.88. The Morgan fingerprint density at radius 3 is 2.71 bits per heavy atom. The van der Waals surface area contributed by atoms with Gasteiger partial charge in [0.15, 0.2) is 12.4 Å². The van der Waals surface area contributed by atoms with Gasteiger partial charge in [-0.2, -0.15) is 0 Å². The molecule has 38 valence electrons. The van der Waals surface area contributed by atoms with Gasteiger partial charge in [-0.1, -0.05) is 0 Å². The first kappa shape index (κ1) is 4.11. The maximum absolute atomic E-state index is 10.1. The average molecular weight is 99.1 g/mol. The molecular formula is C3H5N3O. The Hall–Kier alpha value is -1.06. The second-order valence-electron chi connectivity index (χ2n) is 1.26. The van der Waals surface area contributed by atoms with Crippen LogP contribution in [0.1, 0.15) is 0 Å². The Kier molecular flexibility index (Phi) is 0.714. The summed E-state index contributed by atoms with van der Waals surface area (Å²) in [5, 5.41) is 13.5. The third-order valence-electron chi connectivity index (χ3n) is 0.639. The number of nitrogens with zero attached hydrogens (tertiary/aromatic N) is 3. The van der Waals surface area contributed by atoms with Crippen molar-refractivity contribution < 1.29 is 4.85 Å². The molecule has 0 aliphatic heterocycles. The fourth-order valence-corrected chi connectivity index (χ4v) is 0.352. The van der Waals surface area contributed by atoms with Crippen LogP contribution < -0.4 is 4.85 Å². The summed E-state index contributed by atoms with van der Waals surface area (Å²) in [5.74, 6) is 0. The average Bonchev–Trinajstić information content (AvgIpc) is 1.87. The van der Waals surface area contributed by atoms with Gasteiger partial charge >= 0.3 is 0 Å². The van der Waals surface area contributed by atoms with Gasteiger partial charge in [0.2, 0.25) is 0 Å². The van der Waals surface area contributed by atoms with Crippen molar-refractivity contribution in [3.8, 4) is 0 Å². The molecule has 4 nitrogen and oxygen atoms in total. The third-order valence-corrected chi connectivity index (χ3v) is 0.639. The van der Waals surface area contributed by atoms with Crippen LogP contribution in [-0.4, -0.2) is 9.90 Å². The molecular weight excluding hydrogens is 94.1 g/mol. The van der Waals surface area contributed by atoms with Crippen molar-refractivity contribution >= 4 is 0 Å². The molecule has 1 aromatic rings. The van der Waals surface area contributed by atoms with Gasteiger partial charge in [-0.3, -0.25) is 0 Å². The smallest absolute Gasteiger partial charge is 0.159 e. The van der Waals surface area contributed by atoms with Crippen LogP contribution in [0.3, 0.4) is 0 Å². The summed E-state index contributed by atoms with van der Waals surface area (Å²) < 4.78 is 1.44. The van der Waals surface area contributed by atoms with Crippen LogP contribution in [0.4, 0.5) is 0 Å². The zero-order chi connectivity index (χ0) is 5.28. The van der Waals surface area contributed by atoms with Crippen LogP contribution in [0, 0.1) is 5.21 Å². The molecule has 0 radical (unpaired) electrons. The van der Waals surface area contributed by atoms with Gasteiger partial charge in [-0.05, 0) is 0 Å². The Morgan fingerprint density at radius 1 is 1.86 bits per heavy atom. The Labute approximate surface area is 40.5 Å². The molecule has 0 atom stereocenters. The fraction of sp³-hybridized carbons (Fsp3) is 0.333. The van der Waals surface area contributed by atoms with E-state index in [4.69, 9.17) is 0 Å². The summed E-state index contributed by atoms with van der Waals surface area (Å²) in [6, 6.07) is 0. The summed E-state index contributed by atoms with van der Waals surface area (Å²) in [6.07, 6.45) is 2.91. The number of aryl methyl sites for hydroxylation is 1. The minimum absolute atomic E-state index is 0.500. The molecule has 7 heavy (non-hydrogen) atoms. The van der Waals surface area contributed by atoms with E-state index in [0.29, 0.717) is 4.85 Å². The van der Waals surface area contributed by atoms with Gasteiger partial charge in [-0.25, -0.2) is 0 Å². The third kappa shape index (κ3) is 0.677. The lowest BCUT2D eigenvalue weighted by atomic mass is 10.9. The highest BCUT2D eigenvalue weighted by molar-refractivity contribution is 4.53. The summed E-state index contributed by atoms with van der Waals surface area (Å²) in [6.45, 7) is 0. The standard InChI is InChI=1S/C3H5N3O/c1-5-2-3-6(7)4-5/h2-3H,1H3. The topological polar surface area (TPSA) is 44.8 Å². The molecule has 0 aromatic carbocycles. The molecule has 0 unspecified atom stereocenters. The number of hydrogen-bond donors (Lipinski definition) is 0. The molecule has 1 heterocycles. The van der Waals surface area contributed by atoms with Crippen LogP contribution in [-0.2, 0) is 7.05 Å². The van der Waals surface area contributed by atoms with Crippen LogP contribution in [0.15, 0.2) is 12.4 Å². The Morgan fingerprint density at radius 2 is 2.57 bits per heavy atom. The predicted molar refractivity (Wildman–Crippen MR) is 22.2 cm³/mol. The van der Waals surface area contributed by atoms with E-state index in [-0.39, 0.29) is 0 Å². The van der Waals surface area contributed by atoms with Gasteiger partial charge in [0.05, 0.1) is 5.21 Å². The molecule has 0 fully saturated rings. The van der Waals surface area contributed by atoms with E-state index in [2.05, 4.69) is 5.21 Å². The molecule has 0 N–H and O–H groups in total. The maximum atomic E-state index is 10.1. The monoisotopic (exact) mass is 99.0 g/mol. The zero-order valence-corrected chi connectivity index (χ0v) is 3.90. The molecule has 0 bridgehead atoms. The maximum Gasteiger partial charge on any atom is 0.159 e. The summed E-state index contributed by atoms with van der Waals surface area (Å²) in [4.78, 5) is 0.500. The lowest BCUT2D eigenvalue weighted by Gasteiger charge is -1.83.